The van der Waals surface area contributed by atoms with Gasteiger partial charge in [0.1, 0.15) is 0 Å². The van der Waals surface area contributed by atoms with Gasteiger partial charge in [-0.15, -0.1) is 39.7 Å². The van der Waals surface area contributed by atoms with Crippen molar-refractivity contribution in [3.63, 3.8) is 0 Å². The summed E-state index contributed by atoms with van der Waals surface area (Å²) in [5.74, 6) is 0.587. The van der Waals surface area contributed by atoms with E-state index in [0.717, 1.165) is 10.0 Å². The first-order valence-electron chi connectivity index (χ1n) is 18.9. The zero-order valence-electron chi connectivity index (χ0n) is 33.8. The average Bonchev–Trinajstić information content (AvgIpc) is 3.82. The Labute approximate surface area is 367 Å². The van der Waals surface area contributed by atoms with Crippen molar-refractivity contribution in [3.05, 3.63) is 158 Å². The second-order valence-corrected chi connectivity index (χ2v) is 19.3. The Bertz CT molecular complexity index is 2180. The number of hydrogen-bond acceptors (Lipinski definition) is 0. The summed E-state index contributed by atoms with van der Waals surface area (Å²) >= 11 is 13.1. The summed E-state index contributed by atoms with van der Waals surface area (Å²) in [6.07, 6.45) is 15.2. The van der Waals surface area contributed by atoms with Gasteiger partial charge in [-0.2, -0.15) is 11.6 Å². The Balaban J connectivity index is 0.000000195. The van der Waals surface area contributed by atoms with Gasteiger partial charge in [-0.3, -0.25) is 6.08 Å². The third kappa shape index (κ3) is 9.85. The van der Waals surface area contributed by atoms with Gasteiger partial charge >= 0.3 is 120 Å². The first kappa shape index (κ1) is 45.3. The second-order valence-electron chi connectivity index (χ2n) is 17.2. The predicted molar refractivity (Wildman–Crippen MR) is 230 cm³/mol. The van der Waals surface area contributed by atoms with E-state index in [-0.39, 0.29) is 35.6 Å². The molecule has 0 amide bonds. The molecule has 0 heterocycles. The van der Waals surface area contributed by atoms with Crippen molar-refractivity contribution in [3.8, 4) is 0 Å². The summed E-state index contributed by atoms with van der Waals surface area (Å²) in [6.45, 7) is 22.8. The number of rotatable bonds is 4. The number of fused-ring (bicyclic) bond motifs is 5. The molecule has 0 aromatic heterocycles. The fourth-order valence-corrected chi connectivity index (χ4v) is 9.14. The summed E-state index contributed by atoms with van der Waals surface area (Å²) in [5, 5.41) is 7.10. The Kier molecular flexibility index (Phi) is 14.5. The topological polar surface area (TPSA) is 0 Å². The minimum Gasteiger partial charge on any atom is -1.00 e. The first-order chi connectivity index (χ1) is 24.9. The second kappa shape index (κ2) is 17.6. The molecule has 3 aliphatic carbocycles. The third-order valence-corrected chi connectivity index (χ3v) is 12.9. The molecule has 0 spiro atoms. The van der Waals surface area contributed by atoms with E-state index in [9.17, 15) is 0 Å². The summed E-state index contributed by atoms with van der Waals surface area (Å²) in [6, 6.07) is 27.9. The largest absolute Gasteiger partial charge is 1.00 e. The minimum atomic E-state index is 0. The molecule has 0 radical (unpaired) electrons. The van der Waals surface area contributed by atoms with Gasteiger partial charge < -0.3 is 24.8 Å². The van der Waals surface area contributed by atoms with Gasteiger partial charge in [0.2, 0.25) is 0 Å². The molecule has 0 nitrogen and oxygen atoms in total. The first-order valence-corrected chi connectivity index (χ1v) is 20.9. The van der Waals surface area contributed by atoms with Gasteiger partial charge in [0.25, 0.3) is 0 Å². The molecule has 286 valence electrons. The average molecular weight is 886 g/mol. The SMILES string of the molecule is CC1=CC(C)(C)c2cc3[cH-]c4cc5c(cc4c3cc21)C(C)=CC5(C)C.CCCC1[C-]=CC(C(C)(C)C)=C1.Clc1ccc([C](=[Zr+2])c2ccc(Cl)cc2)cc1.[Cl-].[Cl-]. The molecule has 0 bridgehead atoms. The van der Waals surface area contributed by atoms with Gasteiger partial charge in [0, 0.05) is 10.8 Å². The van der Waals surface area contributed by atoms with Crippen LogP contribution >= 0.6 is 23.2 Å². The number of benzene rings is 4. The number of hydrogen-bond donors (Lipinski definition) is 0. The predicted octanol–water partition coefficient (Wildman–Crippen LogP) is 8.97. The van der Waals surface area contributed by atoms with E-state index < -0.39 is 0 Å². The molecule has 1 unspecified atom stereocenters. The van der Waals surface area contributed by atoms with Gasteiger partial charge in [-0.1, -0.05) is 115 Å². The minimum absolute atomic E-state index is 0. The van der Waals surface area contributed by atoms with Crippen LogP contribution in [0.15, 0.2) is 109 Å². The standard InChI is InChI=1S/C25H25.C13H8Cl2.C12H19.2ClH.Zr/c1-14-12-24(3,4)22-8-16-7-17-9-23-19(15(2)13-25(23,5)6)11-21(17)20(16)10-18(14)22;14-12-5-1-10(2-6-12)9-11-3-7-13(15)8-4-11;1-5-6-10-7-8-11(9-10)12(2,3)4;;;/h7-13H,1-6H3;1-8H;8-10H,5-6H2,1-4H3;2*1H;/q-1;;-1;;;+2/p-2. The Morgan fingerprint density at radius 2 is 1.15 bits per heavy atom. The fraction of sp³-hybridized carbons (Fsp3) is 0.320. The zero-order valence-corrected chi connectivity index (χ0v) is 39.3. The maximum atomic E-state index is 5.86. The third-order valence-electron chi connectivity index (χ3n) is 10.9. The smallest absolute Gasteiger partial charge is 1.00 e. The van der Waals surface area contributed by atoms with E-state index in [0.29, 0.717) is 11.3 Å². The van der Waals surface area contributed by atoms with Gasteiger partial charge in [0.05, 0.1) is 0 Å². The van der Waals surface area contributed by atoms with E-state index >= 15 is 0 Å². The molecule has 55 heavy (non-hydrogen) atoms. The van der Waals surface area contributed by atoms with Crippen LogP contribution in [0.5, 0.6) is 0 Å². The molecule has 3 aliphatic rings. The van der Waals surface area contributed by atoms with Crippen LogP contribution in [0.4, 0.5) is 0 Å². The molecule has 0 N–H and O–H groups in total. The molecule has 5 heteroatoms. The number of allylic oxidation sites excluding steroid dienone is 8. The van der Waals surface area contributed by atoms with E-state index in [1.165, 1.54) is 112 Å². The quantitative estimate of drug-likeness (QED) is 0.158. The van der Waals surface area contributed by atoms with E-state index in [4.69, 9.17) is 23.2 Å². The van der Waals surface area contributed by atoms with Crippen molar-refractivity contribution < 1.29 is 49.0 Å². The summed E-state index contributed by atoms with van der Waals surface area (Å²) in [7, 11) is 0. The Hall–Kier alpha value is -2.38. The summed E-state index contributed by atoms with van der Waals surface area (Å²) < 4.78 is 1.31. The van der Waals surface area contributed by atoms with Crippen molar-refractivity contribution in [1.82, 2.24) is 0 Å². The monoisotopic (exact) mass is 882 g/mol. The van der Waals surface area contributed by atoms with Crippen LogP contribution in [0.25, 0.3) is 32.7 Å². The molecule has 0 saturated carbocycles. The maximum Gasteiger partial charge on any atom is -1.00 e. The van der Waals surface area contributed by atoms with Crippen LogP contribution in [0.3, 0.4) is 0 Å². The Morgan fingerprint density at radius 1 is 0.727 bits per heavy atom. The van der Waals surface area contributed by atoms with Crippen molar-refractivity contribution in [2.75, 3.05) is 0 Å². The molecule has 0 saturated heterocycles. The molecule has 5 aromatic rings. The zero-order chi connectivity index (χ0) is 38.5. The fourth-order valence-electron chi connectivity index (χ4n) is 8.07. The van der Waals surface area contributed by atoms with Crippen molar-refractivity contribution in [2.45, 2.75) is 92.9 Å². The van der Waals surface area contributed by atoms with Crippen molar-refractivity contribution in [2.24, 2.45) is 11.3 Å². The van der Waals surface area contributed by atoms with E-state index in [1.807, 2.05) is 48.5 Å². The summed E-state index contributed by atoms with van der Waals surface area (Å²) in [5.41, 5.74) is 13.1. The maximum absolute atomic E-state index is 5.86. The van der Waals surface area contributed by atoms with Crippen LogP contribution < -0.4 is 24.8 Å². The molecular formula is C50H52Cl4Zr-2. The summed E-state index contributed by atoms with van der Waals surface area (Å²) in [4.78, 5) is 0. The molecule has 0 fully saturated rings. The molecule has 5 aromatic carbocycles. The Morgan fingerprint density at radius 3 is 1.51 bits per heavy atom. The number of halogens is 4. The molecule has 0 aliphatic heterocycles. The van der Waals surface area contributed by atoms with E-state index in [1.54, 1.807) is 0 Å². The van der Waals surface area contributed by atoms with E-state index in [2.05, 4.69) is 130 Å². The normalized spacial score (nSPS) is 17.1. The molecule has 8 rings (SSSR count). The van der Waals surface area contributed by atoms with Crippen molar-refractivity contribution in [1.29, 1.82) is 0 Å². The molecule has 1 atom stereocenters. The van der Waals surface area contributed by atoms with Crippen LogP contribution in [0.2, 0.25) is 10.0 Å². The van der Waals surface area contributed by atoms with Gasteiger partial charge in [0.15, 0.2) is 0 Å². The molecular weight excluding hydrogens is 834 g/mol. The van der Waals surface area contributed by atoms with Gasteiger partial charge in [-0.05, 0) is 36.1 Å². The van der Waals surface area contributed by atoms with Crippen molar-refractivity contribution >= 4 is 59.1 Å². The van der Waals surface area contributed by atoms with Crippen LogP contribution in [0.1, 0.15) is 115 Å². The van der Waals surface area contributed by atoms with Crippen LogP contribution in [-0.4, -0.2) is 3.21 Å². The van der Waals surface area contributed by atoms with Crippen LogP contribution in [-0.2, 0) is 35.1 Å². The van der Waals surface area contributed by atoms with Gasteiger partial charge in [-0.25, -0.2) is 6.08 Å². The van der Waals surface area contributed by atoms with Crippen LogP contribution in [0, 0.1) is 17.4 Å².